The highest BCUT2D eigenvalue weighted by molar-refractivity contribution is 5.81. The van der Waals surface area contributed by atoms with Crippen molar-refractivity contribution in [3.63, 3.8) is 0 Å². The molecule has 0 radical (unpaired) electrons. The molecule has 0 unspecified atom stereocenters. The Bertz CT molecular complexity index is 590. The molecule has 3 saturated heterocycles. The highest BCUT2D eigenvalue weighted by atomic mass is 16.5. The summed E-state index contributed by atoms with van der Waals surface area (Å²) in [5, 5.41) is 3.20. The van der Waals surface area contributed by atoms with Crippen molar-refractivity contribution >= 4 is 11.9 Å². The molecule has 3 aliphatic rings. The summed E-state index contributed by atoms with van der Waals surface area (Å²) in [7, 11) is 2.13. The van der Waals surface area contributed by atoms with Crippen molar-refractivity contribution in [2.45, 2.75) is 56.4 Å². The molecule has 0 aliphatic carbocycles. The standard InChI is InChI=1S/C18H27N5O2/c1-22-10-5-13(6-11-22)21-17(24)16-4-3-14-15(25-16)7-12-23(14)18-19-8-2-9-20-18/h2,8-9,13-16H,3-7,10-12H2,1H3,(H,21,24)/t14-,15-,16-/m0/s1. The highest BCUT2D eigenvalue weighted by Crippen LogP contribution is 2.33. The first-order valence-corrected chi connectivity index (χ1v) is 9.39. The monoisotopic (exact) mass is 345 g/mol. The third-order valence-electron chi connectivity index (χ3n) is 5.71. The van der Waals surface area contributed by atoms with Gasteiger partial charge in [0.25, 0.3) is 0 Å². The van der Waals surface area contributed by atoms with Crippen molar-refractivity contribution in [3.8, 4) is 0 Å². The Morgan fingerprint density at radius 1 is 1.12 bits per heavy atom. The van der Waals surface area contributed by atoms with Crippen LogP contribution >= 0.6 is 0 Å². The first-order chi connectivity index (χ1) is 12.2. The van der Waals surface area contributed by atoms with Gasteiger partial charge in [-0.2, -0.15) is 0 Å². The third kappa shape index (κ3) is 3.62. The van der Waals surface area contributed by atoms with E-state index < -0.39 is 0 Å². The molecule has 3 atom stereocenters. The Labute approximate surface area is 148 Å². The lowest BCUT2D eigenvalue weighted by molar-refractivity contribution is -0.142. The van der Waals surface area contributed by atoms with Crippen molar-refractivity contribution in [1.29, 1.82) is 0 Å². The maximum absolute atomic E-state index is 12.6. The van der Waals surface area contributed by atoms with Gasteiger partial charge in [-0.1, -0.05) is 0 Å². The molecule has 1 aromatic heterocycles. The number of nitrogens with one attached hydrogen (secondary N) is 1. The SMILES string of the molecule is CN1CCC(NC(=O)[C@@H]2CC[C@H]3[C@H](CCN3c3ncccn3)O2)CC1. The summed E-state index contributed by atoms with van der Waals surface area (Å²) in [6.45, 7) is 2.99. The van der Waals surface area contributed by atoms with E-state index in [-0.39, 0.29) is 24.2 Å². The second-order valence-corrected chi connectivity index (χ2v) is 7.42. The first kappa shape index (κ1) is 16.7. The molecular weight excluding hydrogens is 318 g/mol. The number of carbonyl (C=O) groups excluding carboxylic acids is 1. The summed E-state index contributed by atoms with van der Waals surface area (Å²) >= 11 is 0. The smallest absolute Gasteiger partial charge is 0.249 e. The summed E-state index contributed by atoms with van der Waals surface area (Å²) in [5.41, 5.74) is 0. The minimum absolute atomic E-state index is 0.0717. The Hall–Kier alpha value is -1.73. The van der Waals surface area contributed by atoms with Crippen molar-refractivity contribution in [2.24, 2.45) is 0 Å². The molecule has 7 heteroatoms. The van der Waals surface area contributed by atoms with Gasteiger partial charge in [0.15, 0.2) is 0 Å². The lowest BCUT2D eigenvalue weighted by atomic mass is 9.98. The van der Waals surface area contributed by atoms with Crippen molar-refractivity contribution in [2.75, 3.05) is 31.6 Å². The molecule has 4 rings (SSSR count). The number of hydrogen-bond acceptors (Lipinski definition) is 6. The van der Waals surface area contributed by atoms with Crippen molar-refractivity contribution < 1.29 is 9.53 Å². The number of anilines is 1. The first-order valence-electron chi connectivity index (χ1n) is 9.39. The van der Waals surface area contributed by atoms with E-state index >= 15 is 0 Å². The van der Waals surface area contributed by atoms with Gasteiger partial charge in [-0.15, -0.1) is 0 Å². The van der Waals surface area contributed by atoms with Gasteiger partial charge in [0, 0.05) is 25.0 Å². The van der Waals surface area contributed by atoms with Crippen LogP contribution in [0.15, 0.2) is 18.5 Å². The molecule has 136 valence electrons. The summed E-state index contributed by atoms with van der Waals surface area (Å²) in [6, 6.07) is 2.41. The minimum Gasteiger partial charge on any atom is -0.363 e. The van der Waals surface area contributed by atoms with Crippen LogP contribution in [0.5, 0.6) is 0 Å². The van der Waals surface area contributed by atoms with E-state index in [0.717, 1.165) is 57.7 Å². The second-order valence-electron chi connectivity index (χ2n) is 7.42. The van der Waals surface area contributed by atoms with E-state index in [4.69, 9.17) is 4.74 Å². The number of carbonyl (C=O) groups is 1. The van der Waals surface area contributed by atoms with Gasteiger partial charge in [-0.25, -0.2) is 9.97 Å². The van der Waals surface area contributed by atoms with Gasteiger partial charge in [0.2, 0.25) is 11.9 Å². The molecule has 0 spiro atoms. The Kier molecular flexibility index (Phi) is 4.85. The maximum atomic E-state index is 12.6. The van der Waals surface area contributed by atoms with Crippen LogP contribution in [0.25, 0.3) is 0 Å². The van der Waals surface area contributed by atoms with E-state index in [0.29, 0.717) is 6.04 Å². The largest absolute Gasteiger partial charge is 0.363 e. The predicted molar refractivity (Wildman–Crippen MR) is 94.3 cm³/mol. The zero-order valence-corrected chi connectivity index (χ0v) is 14.8. The summed E-state index contributed by atoms with van der Waals surface area (Å²) < 4.78 is 6.17. The fraction of sp³-hybridized carbons (Fsp3) is 0.722. The maximum Gasteiger partial charge on any atom is 0.249 e. The van der Waals surface area contributed by atoms with Crippen LogP contribution in [0.2, 0.25) is 0 Å². The lowest BCUT2D eigenvalue weighted by Crippen LogP contribution is -2.51. The molecule has 7 nitrogen and oxygen atoms in total. The molecule has 0 bridgehead atoms. The summed E-state index contributed by atoms with van der Waals surface area (Å²) in [6.07, 6.45) is 8.05. The van der Waals surface area contributed by atoms with Crippen LogP contribution in [0.3, 0.4) is 0 Å². The number of hydrogen-bond donors (Lipinski definition) is 1. The number of piperidine rings is 1. The molecule has 0 saturated carbocycles. The normalized spacial score (nSPS) is 30.9. The third-order valence-corrected chi connectivity index (χ3v) is 5.71. The molecule has 1 amide bonds. The number of nitrogens with zero attached hydrogens (tertiary/aromatic N) is 4. The number of aromatic nitrogens is 2. The van der Waals surface area contributed by atoms with Crippen LogP contribution in [-0.2, 0) is 9.53 Å². The molecule has 3 aliphatic heterocycles. The number of likely N-dealkylation sites (tertiary alicyclic amines) is 1. The number of amides is 1. The van der Waals surface area contributed by atoms with Crippen LogP contribution in [0, 0.1) is 0 Å². The molecular formula is C18H27N5O2. The Morgan fingerprint density at radius 3 is 2.64 bits per heavy atom. The summed E-state index contributed by atoms with van der Waals surface area (Å²) in [5.74, 6) is 0.843. The number of rotatable bonds is 3. The molecule has 1 N–H and O–H groups in total. The molecule has 25 heavy (non-hydrogen) atoms. The van der Waals surface area contributed by atoms with Gasteiger partial charge < -0.3 is 19.9 Å². The van der Waals surface area contributed by atoms with E-state index in [1.54, 1.807) is 12.4 Å². The molecule has 3 fully saturated rings. The van der Waals surface area contributed by atoms with Crippen molar-refractivity contribution in [3.05, 3.63) is 18.5 Å². The van der Waals surface area contributed by atoms with Crippen LogP contribution in [-0.4, -0.2) is 71.7 Å². The molecule has 0 aromatic carbocycles. The molecule has 4 heterocycles. The fourth-order valence-electron chi connectivity index (χ4n) is 4.25. The van der Waals surface area contributed by atoms with Crippen LogP contribution in [0.1, 0.15) is 32.1 Å². The second kappa shape index (κ2) is 7.25. The van der Waals surface area contributed by atoms with Gasteiger partial charge >= 0.3 is 0 Å². The van der Waals surface area contributed by atoms with Crippen LogP contribution < -0.4 is 10.2 Å². The fourth-order valence-corrected chi connectivity index (χ4v) is 4.25. The van der Waals surface area contributed by atoms with E-state index in [2.05, 4.69) is 32.1 Å². The Morgan fingerprint density at radius 2 is 1.88 bits per heavy atom. The van der Waals surface area contributed by atoms with Gasteiger partial charge in [0.05, 0.1) is 12.1 Å². The number of fused-ring (bicyclic) bond motifs is 1. The van der Waals surface area contributed by atoms with Gasteiger partial charge in [0.1, 0.15) is 6.10 Å². The quantitative estimate of drug-likeness (QED) is 0.874. The van der Waals surface area contributed by atoms with E-state index in [1.165, 1.54) is 0 Å². The Balaban J connectivity index is 1.32. The van der Waals surface area contributed by atoms with Crippen LogP contribution in [0.4, 0.5) is 5.95 Å². The lowest BCUT2D eigenvalue weighted by Gasteiger charge is -2.36. The topological polar surface area (TPSA) is 70.6 Å². The summed E-state index contributed by atoms with van der Waals surface area (Å²) in [4.78, 5) is 25.9. The zero-order chi connectivity index (χ0) is 17.2. The average Bonchev–Trinajstić information content (AvgIpc) is 3.07. The van der Waals surface area contributed by atoms with Gasteiger partial charge in [-0.3, -0.25) is 4.79 Å². The zero-order valence-electron chi connectivity index (χ0n) is 14.8. The minimum atomic E-state index is -0.308. The highest BCUT2D eigenvalue weighted by Gasteiger charge is 2.42. The predicted octanol–water partition coefficient (Wildman–Crippen LogP) is 0.813. The average molecular weight is 345 g/mol. The van der Waals surface area contributed by atoms with Gasteiger partial charge in [-0.05, 0) is 58.3 Å². The van der Waals surface area contributed by atoms with E-state index in [1.807, 2.05) is 6.07 Å². The number of ether oxygens (including phenoxy) is 1. The molecule has 1 aromatic rings. The van der Waals surface area contributed by atoms with Crippen molar-refractivity contribution in [1.82, 2.24) is 20.2 Å². The van der Waals surface area contributed by atoms with E-state index in [9.17, 15) is 4.79 Å².